The van der Waals surface area contributed by atoms with Crippen LogP contribution < -0.4 is 0 Å². The van der Waals surface area contributed by atoms with Crippen LogP contribution in [0, 0.1) is 35.5 Å². The van der Waals surface area contributed by atoms with E-state index >= 15 is 0 Å². The van der Waals surface area contributed by atoms with E-state index in [1.54, 1.807) is 27.7 Å². The SMILES string of the molecule is CO[C@@H]1OC(C)[C@@H](O)[C@H](CO[C@@H]2OC(C)[C@@H](OOS(=O)O)[C@H](CO[C@@H]3OC(C)[C@@H](O)[C@H](CO[C@@H]4OC(C)C[C@H](C)C4CO[C@H]4OC(C(=O)O)[C@@H](O)CC4(O)O)C3O)C2C)C1O. The summed E-state index contributed by atoms with van der Waals surface area (Å²) in [5.41, 5.74) is 0. The molecule has 9 N–H and O–H groups in total. The van der Waals surface area contributed by atoms with Crippen molar-refractivity contribution in [1.29, 1.82) is 0 Å². The molecule has 0 spiro atoms. The molecule has 23 atom stereocenters. The van der Waals surface area contributed by atoms with Crippen molar-refractivity contribution in [2.24, 2.45) is 35.5 Å². The number of rotatable bonds is 17. The number of methoxy groups -OCH3 is 1. The highest BCUT2D eigenvalue weighted by Gasteiger charge is 2.52. The minimum absolute atomic E-state index is 0.138. The van der Waals surface area contributed by atoms with Gasteiger partial charge in [0.2, 0.25) is 12.1 Å². The molecule has 61 heavy (non-hydrogen) atoms. The number of ether oxygens (including phenoxy) is 10. The average molecular weight is 909 g/mol. The molecule has 0 aromatic heterocycles. The first kappa shape index (κ1) is 50.8. The Hall–Kier alpha value is -1.18. The summed E-state index contributed by atoms with van der Waals surface area (Å²) in [4.78, 5) is 16.9. The number of aliphatic hydroxyl groups excluding tert-OH is 5. The zero-order chi connectivity index (χ0) is 45.1. The van der Waals surface area contributed by atoms with Gasteiger partial charge in [-0.15, -0.1) is 4.33 Å². The highest BCUT2D eigenvalue weighted by atomic mass is 32.2. The minimum Gasteiger partial charge on any atom is -0.479 e. The standard InChI is InChI=1S/C37H64O23S/c1-14-8-15(2)54-33(20(14)10-53-36-37(45,46)9-24(38)30(58-36)31(43)44)51-13-23-26(40)18(5)56-35(28(23)42)52-11-21-16(3)32(57-19(6)29(21)59-60-61(47)48)50-12-22-25(39)17(4)55-34(49-7)27(22)41/h14-30,32-36,38-42,45-46H,8-13H2,1-7H3,(H,43,44)(H,47,48)/t14-,15?,16?,17?,18?,19?,20?,21+,22-,23-,24-,25+,26+,27?,28?,29+,30?,32+,33+,34+,35+,36-/m0/s1. The largest absolute Gasteiger partial charge is 0.479 e. The van der Waals surface area contributed by atoms with Crippen LogP contribution in [0.4, 0.5) is 0 Å². The van der Waals surface area contributed by atoms with Crippen molar-refractivity contribution < 1.29 is 111 Å². The van der Waals surface area contributed by atoms with Gasteiger partial charge < -0.3 is 88.2 Å². The van der Waals surface area contributed by atoms with Crippen molar-refractivity contribution in [3.63, 3.8) is 0 Å². The van der Waals surface area contributed by atoms with Crippen LogP contribution in [0.15, 0.2) is 0 Å². The summed E-state index contributed by atoms with van der Waals surface area (Å²) >= 11 is -2.80. The van der Waals surface area contributed by atoms with Gasteiger partial charge in [0.25, 0.3) is 0 Å². The van der Waals surface area contributed by atoms with Crippen LogP contribution in [0.3, 0.4) is 0 Å². The molecule has 5 aliphatic rings. The summed E-state index contributed by atoms with van der Waals surface area (Å²) < 4.78 is 83.5. The van der Waals surface area contributed by atoms with Gasteiger partial charge in [0, 0.05) is 43.1 Å². The van der Waals surface area contributed by atoms with Crippen LogP contribution in [-0.4, -0.2) is 194 Å². The summed E-state index contributed by atoms with van der Waals surface area (Å²) in [5.74, 6) is -8.06. The van der Waals surface area contributed by atoms with E-state index in [-0.39, 0.29) is 38.4 Å². The normalized spacial score (nSPS) is 47.5. The predicted molar refractivity (Wildman–Crippen MR) is 200 cm³/mol. The van der Waals surface area contributed by atoms with Crippen molar-refractivity contribution >= 4 is 17.3 Å². The lowest BCUT2D eigenvalue weighted by Gasteiger charge is -2.46. The van der Waals surface area contributed by atoms with Gasteiger partial charge in [0.05, 0.1) is 69.2 Å². The molecule has 23 nitrogen and oxygen atoms in total. The van der Waals surface area contributed by atoms with Gasteiger partial charge in [-0.1, -0.05) is 13.8 Å². The van der Waals surface area contributed by atoms with E-state index in [4.69, 9.17) is 52.3 Å². The topological polar surface area (TPSA) is 327 Å². The number of hydrogen-bond donors (Lipinski definition) is 9. The summed E-state index contributed by atoms with van der Waals surface area (Å²) in [5, 5.41) is 84.8. The van der Waals surface area contributed by atoms with Crippen LogP contribution in [-0.2, 0) is 72.7 Å². The van der Waals surface area contributed by atoms with E-state index in [2.05, 4.69) is 4.33 Å². The van der Waals surface area contributed by atoms with Crippen LogP contribution in [0.1, 0.15) is 54.4 Å². The molecule has 5 fully saturated rings. The number of carbonyl (C=O) groups is 1. The zero-order valence-electron chi connectivity index (χ0n) is 35.1. The van der Waals surface area contributed by atoms with E-state index in [1.165, 1.54) is 7.11 Å². The Labute approximate surface area is 355 Å². The van der Waals surface area contributed by atoms with Gasteiger partial charge in [-0.2, -0.15) is 4.21 Å². The van der Waals surface area contributed by atoms with E-state index in [9.17, 15) is 54.4 Å². The maximum atomic E-state index is 11.6. The first-order valence-electron chi connectivity index (χ1n) is 20.4. The third kappa shape index (κ3) is 12.2. The molecule has 24 heteroatoms. The van der Waals surface area contributed by atoms with Crippen molar-refractivity contribution in [2.75, 3.05) is 33.5 Å². The quantitative estimate of drug-likeness (QED) is 0.0328. The highest BCUT2D eigenvalue weighted by Crippen LogP contribution is 2.39. The van der Waals surface area contributed by atoms with Crippen LogP contribution in [0.2, 0.25) is 0 Å². The van der Waals surface area contributed by atoms with Crippen LogP contribution >= 0.6 is 0 Å². The summed E-state index contributed by atoms with van der Waals surface area (Å²) in [7, 11) is 1.36. The van der Waals surface area contributed by atoms with E-state index in [1.807, 2.05) is 13.8 Å². The van der Waals surface area contributed by atoms with Crippen molar-refractivity contribution in [3.8, 4) is 0 Å². The van der Waals surface area contributed by atoms with Crippen LogP contribution in [0.25, 0.3) is 0 Å². The number of carboxylic acid groups (broad SMARTS) is 1. The Bertz CT molecular complexity index is 1410. The molecule has 0 radical (unpaired) electrons. The molecule has 0 aliphatic carbocycles. The Balaban J connectivity index is 1.24. The highest BCUT2D eigenvalue weighted by molar-refractivity contribution is 7.74. The van der Waals surface area contributed by atoms with Gasteiger partial charge in [-0.05, 0) is 40.0 Å². The molecule has 5 rings (SSSR count). The number of hydrogen-bond acceptors (Lipinski definition) is 21. The molecule has 356 valence electrons. The monoisotopic (exact) mass is 908 g/mol. The molecule has 5 aliphatic heterocycles. The smallest absolute Gasteiger partial charge is 0.335 e. The molecular weight excluding hydrogens is 844 g/mol. The third-order valence-electron chi connectivity index (χ3n) is 12.5. The van der Waals surface area contributed by atoms with E-state index in [0.717, 1.165) is 0 Å². The maximum Gasteiger partial charge on any atom is 0.335 e. The number of aliphatic carboxylic acids is 1. The fraction of sp³-hybridized carbons (Fsp3) is 0.973. The molecule has 5 saturated heterocycles. The molecule has 0 saturated carbocycles. The number of aliphatic hydroxyl groups is 7. The second-order valence-corrected chi connectivity index (χ2v) is 17.5. The van der Waals surface area contributed by atoms with Crippen molar-refractivity contribution in [2.45, 2.75) is 159 Å². The number of carboxylic acids is 1. The predicted octanol–water partition coefficient (Wildman–Crippen LogP) is -2.06. The van der Waals surface area contributed by atoms with Gasteiger partial charge in [0.15, 0.2) is 31.3 Å². The molecule has 0 bridgehead atoms. The zero-order valence-corrected chi connectivity index (χ0v) is 35.9. The fourth-order valence-electron chi connectivity index (χ4n) is 8.72. The van der Waals surface area contributed by atoms with Gasteiger partial charge in [-0.25, -0.2) is 9.68 Å². The molecular formula is C37H64O23S. The Morgan fingerprint density at radius 2 is 1.20 bits per heavy atom. The van der Waals surface area contributed by atoms with Gasteiger partial charge in [0.1, 0.15) is 18.3 Å². The van der Waals surface area contributed by atoms with E-state index in [0.29, 0.717) is 6.42 Å². The second kappa shape index (κ2) is 21.9. The molecule has 0 amide bonds. The summed E-state index contributed by atoms with van der Waals surface area (Å²) in [6, 6.07) is 0. The molecule has 0 aromatic rings. The molecule has 10 unspecified atom stereocenters. The van der Waals surface area contributed by atoms with Crippen molar-refractivity contribution in [3.05, 3.63) is 0 Å². The van der Waals surface area contributed by atoms with E-state index < -0.39 is 152 Å². The minimum atomic E-state index is -2.80. The first-order chi connectivity index (χ1) is 28.6. The lowest BCUT2D eigenvalue weighted by atomic mass is 9.83. The Morgan fingerprint density at radius 1 is 0.672 bits per heavy atom. The lowest BCUT2D eigenvalue weighted by molar-refractivity contribution is -0.372. The third-order valence-corrected chi connectivity index (χ3v) is 12.6. The van der Waals surface area contributed by atoms with Gasteiger partial charge >= 0.3 is 17.3 Å². The van der Waals surface area contributed by atoms with Crippen LogP contribution in [0.5, 0.6) is 0 Å². The fourth-order valence-corrected chi connectivity index (χ4v) is 8.88. The average Bonchev–Trinajstić information content (AvgIpc) is 3.17. The second-order valence-electron chi connectivity index (χ2n) is 16.9. The summed E-state index contributed by atoms with van der Waals surface area (Å²) in [6.45, 7) is 9.37. The lowest BCUT2D eigenvalue weighted by Crippen LogP contribution is -2.59. The molecule has 0 aromatic carbocycles. The first-order valence-corrected chi connectivity index (χ1v) is 21.5. The van der Waals surface area contributed by atoms with Gasteiger partial charge in [-0.3, -0.25) is 4.55 Å². The van der Waals surface area contributed by atoms with Crippen molar-refractivity contribution in [1.82, 2.24) is 0 Å². The summed E-state index contributed by atoms with van der Waals surface area (Å²) in [6.07, 6.45) is -18.5. The Kier molecular flexibility index (Phi) is 18.2. The Morgan fingerprint density at radius 3 is 1.79 bits per heavy atom. The maximum absolute atomic E-state index is 11.6. The molecule has 5 heterocycles.